The first-order chi connectivity index (χ1) is 12.3. The molecule has 1 aromatic carbocycles. The Morgan fingerprint density at radius 1 is 1.12 bits per heavy atom. The third-order valence-corrected chi connectivity index (χ3v) is 4.20. The van der Waals surface area contributed by atoms with Crippen LogP contribution in [-0.2, 0) is 19.0 Å². The van der Waals surface area contributed by atoms with E-state index in [0.717, 1.165) is 5.56 Å². The molecule has 2 saturated heterocycles. The lowest BCUT2D eigenvalue weighted by atomic mass is 10.2. The second kappa shape index (κ2) is 7.30. The molecule has 2 aliphatic heterocycles. The van der Waals surface area contributed by atoms with E-state index in [1.807, 2.05) is 30.3 Å². The monoisotopic (exact) mass is 345 g/mol. The average Bonchev–Trinajstić information content (AvgIpc) is 3.34. The number of nitrogens with zero attached hydrogens (tertiary/aromatic N) is 3. The largest absolute Gasteiger partial charge is 0.366 e. The molecule has 0 saturated carbocycles. The van der Waals surface area contributed by atoms with Crippen molar-refractivity contribution in [2.75, 3.05) is 32.9 Å². The Morgan fingerprint density at radius 2 is 1.92 bits per heavy atom. The molecule has 2 aliphatic rings. The van der Waals surface area contributed by atoms with Crippen LogP contribution in [-0.4, -0.2) is 60.1 Å². The van der Waals surface area contributed by atoms with Crippen molar-refractivity contribution in [2.45, 2.75) is 18.8 Å². The lowest BCUT2D eigenvalue weighted by molar-refractivity contribution is -0.147. The zero-order valence-corrected chi connectivity index (χ0v) is 13.7. The van der Waals surface area contributed by atoms with Gasteiger partial charge in [0.1, 0.15) is 6.10 Å². The first kappa shape index (κ1) is 16.2. The normalized spacial score (nSPS) is 21.6. The van der Waals surface area contributed by atoms with Crippen LogP contribution < -0.4 is 0 Å². The first-order valence-electron chi connectivity index (χ1n) is 8.31. The van der Waals surface area contributed by atoms with Crippen LogP contribution in [0.2, 0.25) is 0 Å². The van der Waals surface area contributed by atoms with Gasteiger partial charge in [0.05, 0.1) is 32.8 Å². The van der Waals surface area contributed by atoms with Crippen LogP contribution in [0.3, 0.4) is 0 Å². The third-order valence-electron chi connectivity index (χ3n) is 4.20. The molecular formula is C17H19N3O5. The number of morpholine rings is 1. The van der Waals surface area contributed by atoms with E-state index in [9.17, 15) is 4.79 Å². The summed E-state index contributed by atoms with van der Waals surface area (Å²) in [5.74, 6) is 0.868. The standard InChI is InChI=1S/C17H19N3O5/c21-14(10-15-23-8-9-24-15)20-6-7-22-13(11-20)16-18-17(25-19-16)12-4-2-1-3-5-12/h1-5,13,15H,6-11H2. The Morgan fingerprint density at radius 3 is 2.72 bits per heavy atom. The summed E-state index contributed by atoms with van der Waals surface area (Å²) in [5, 5.41) is 4.01. The first-order valence-corrected chi connectivity index (χ1v) is 8.31. The Labute approximate surface area is 144 Å². The van der Waals surface area contributed by atoms with Crippen molar-refractivity contribution in [2.24, 2.45) is 0 Å². The summed E-state index contributed by atoms with van der Waals surface area (Å²) in [4.78, 5) is 18.5. The summed E-state index contributed by atoms with van der Waals surface area (Å²) >= 11 is 0. The zero-order chi connectivity index (χ0) is 17.1. The fraction of sp³-hybridized carbons (Fsp3) is 0.471. The molecule has 1 atom stereocenters. The van der Waals surface area contributed by atoms with Crippen molar-refractivity contribution in [1.29, 1.82) is 0 Å². The molecule has 0 N–H and O–H groups in total. The van der Waals surface area contributed by atoms with E-state index in [1.165, 1.54) is 0 Å². The molecule has 132 valence electrons. The number of hydrogen-bond donors (Lipinski definition) is 0. The Kier molecular flexibility index (Phi) is 4.73. The maximum Gasteiger partial charge on any atom is 0.258 e. The lowest BCUT2D eigenvalue weighted by Gasteiger charge is -2.31. The number of hydrogen-bond acceptors (Lipinski definition) is 7. The topological polar surface area (TPSA) is 86.9 Å². The van der Waals surface area contributed by atoms with Crippen LogP contribution >= 0.6 is 0 Å². The zero-order valence-electron chi connectivity index (χ0n) is 13.7. The number of carbonyl (C=O) groups is 1. The molecule has 4 rings (SSSR count). The molecule has 0 aliphatic carbocycles. The predicted molar refractivity (Wildman–Crippen MR) is 85.3 cm³/mol. The van der Waals surface area contributed by atoms with Crippen molar-refractivity contribution in [1.82, 2.24) is 15.0 Å². The van der Waals surface area contributed by atoms with Crippen molar-refractivity contribution in [3.05, 3.63) is 36.2 Å². The minimum absolute atomic E-state index is 0.0213. The van der Waals surface area contributed by atoms with Crippen LogP contribution in [0, 0.1) is 0 Å². The van der Waals surface area contributed by atoms with Crippen molar-refractivity contribution in [3.8, 4) is 11.5 Å². The number of benzene rings is 1. The Balaban J connectivity index is 1.41. The van der Waals surface area contributed by atoms with Gasteiger partial charge < -0.3 is 23.6 Å². The number of amides is 1. The van der Waals surface area contributed by atoms with Crippen LogP contribution in [0.1, 0.15) is 18.3 Å². The second-order valence-corrected chi connectivity index (χ2v) is 5.90. The summed E-state index contributed by atoms with van der Waals surface area (Å²) in [6.07, 6.45) is -0.623. The van der Waals surface area contributed by atoms with E-state index in [2.05, 4.69) is 10.1 Å². The molecule has 25 heavy (non-hydrogen) atoms. The molecule has 1 unspecified atom stereocenters. The maximum absolute atomic E-state index is 12.4. The molecule has 2 fully saturated rings. The van der Waals surface area contributed by atoms with Gasteiger partial charge in [-0.2, -0.15) is 4.98 Å². The van der Waals surface area contributed by atoms with Crippen LogP contribution in [0.25, 0.3) is 11.5 Å². The lowest BCUT2D eigenvalue weighted by Crippen LogP contribution is -2.43. The molecule has 0 bridgehead atoms. The second-order valence-electron chi connectivity index (χ2n) is 5.90. The van der Waals surface area contributed by atoms with Crippen molar-refractivity contribution >= 4 is 5.91 Å². The van der Waals surface area contributed by atoms with Gasteiger partial charge >= 0.3 is 0 Å². The molecule has 1 amide bonds. The molecule has 0 radical (unpaired) electrons. The number of carbonyl (C=O) groups excluding carboxylic acids is 1. The fourth-order valence-electron chi connectivity index (χ4n) is 2.89. The smallest absolute Gasteiger partial charge is 0.258 e. The van der Waals surface area contributed by atoms with Gasteiger partial charge in [0.25, 0.3) is 5.89 Å². The van der Waals surface area contributed by atoms with Gasteiger partial charge in [-0.05, 0) is 12.1 Å². The summed E-state index contributed by atoms with van der Waals surface area (Å²) in [5.41, 5.74) is 0.848. The van der Waals surface area contributed by atoms with Crippen LogP contribution in [0.15, 0.2) is 34.9 Å². The van der Waals surface area contributed by atoms with E-state index < -0.39 is 12.4 Å². The molecular weight excluding hydrogens is 326 g/mol. The highest BCUT2D eigenvalue weighted by Gasteiger charge is 2.31. The van der Waals surface area contributed by atoms with E-state index >= 15 is 0 Å². The minimum atomic E-state index is -0.441. The van der Waals surface area contributed by atoms with E-state index in [4.69, 9.17) is 18.7 Å². The minimum Gasteiger partial charge on any atom is -0.366 e. The number of rotatable bonds is 4. The number of aromatic nitrogens is 2. The van der Waals surface area contributed by atoms with Gasteiger partial charge in [-0.15, -0.1) is 0 Å². The predicted octanol–water partition coefficient (Wildman–Crippen LogP) is 1.40. The molecule has 1 aromatic heterocycles. The van der Waals surface area contributed by atoms with Crippen molar-refractivity contribution < 1.29 is 23.5 Å². The molecule has 3 heterocycles. The van der Waals surface area contributed by atoms with Gasteiger partial charge in [0.2, 0.25) is 11.7 Å². The van der Waals surface area contributed by atoms with E-state index in [1.54, 1.807) is 4.90 Å². The van der Waals surface area contributed by atoms with Gasteiger partial charge in [-0.1, -0.05) is 23.4 Å². The average molecular weight is 345 g/mol. The van der Waals surface area contributed by atoms with E-state index in [0.29, 0.717) is 44.6 Å². The molecule has 2 aromatic rings. The van der Waals surface area contributed by atoms with Crippen LogP contribution in [0.5, 0.6) is 0 Å². The fourth-order valence-corrected chi connectivity index (χ4v) is 2.89. The molecule has 8 nitrogen and oxygen atoms in total. The van der Waals surface area contributed by atoms with Gasteiger partial charge in [0, 0.05) is 12.1 Å². The highest BCUT2D eigenvalue weighted by molar-refractivity contribution is 5.76. The maximum atomic E-state index is 12.4. The van der Waals surface area contributed by atoms with Gasteiger partial charge in [0.15, 0.2) is 6.29 Å². The summed E-state index contributed by atoms with van der Waals surface area (Å²) in [6.45, 7) is 2.42. The van der Waals surface area contributed by atoms with E-state index in [-0.39, 0.29) is 12.3 Å². The Bertz CT molecular complexity index is 714. The summed E-state index contributed by atoms with van der Waals surface area (Å²) in [7, 11) is 0. The SMILES string of the molecule is O=C(CC1OCCO1)N1CCOC(c2noc(-c3ccccc3)n2)C1. The van der Waals surface area contributed by atoms with Crippen LogP contribution in [0.4, 0.5) is 0 Å². The third kappa shape index (κ3) is 3.71. The number of ether oxygens (including phenoxy) is 3. The Hall–Kier alpha value is -2.29. The molecule has 8 heteroatoms. The highest BCUT2D eigenvalue weighted by Crippen LogP contribution is 2.24. The quantitative estimate of drug-likeness (QED) is 0.828. The molecule has 0 spiro atoms. The van der Waals surface area contributed by atoms with Gasteiger partial charge in [-0.3, -0.25) is 4.79 Å². The highest BCUT2D eigenvalue weighted by atomic mass is 16.7. The van der Waals surface area contributed by atoms with Crippen molar-refractivity contribution in [3.63, 3.8) is 0 Å². The summed E-state index contributed by atoms with van der Waals surface area (Å²) in [6, 6.07) is 9.53. The van der Waals surface area contributed by atoms with Gasteiger partial charge in [-0.25, -0.2) is 0 Å². The summed E-state index contributed by atoms with van der Waals surface area (Å²) < 4.78 is 21.7.